The van der Waals surface area contributed by atoms with Gasteiger partial charge in [-0.15, -0.1) is 0 Å². The van der Waals surface area contributed by atoms with Crippen molar-refractivity contribution in [3.05, 3.63) is 59.9 Å². The zero-order chi connectivity index (χ0) is 15.2. The first-order chi connectivity index (χ1) is 10.8. The predicted molar refractivity (Wildman–Crippen MR) is 85.5 cm³/mol. The summed E-state index contributed by atoms with van der Waals surface area (Å²) in [6.07, 6.45) is 5.36. The van der Waals surface area contributed by atoms with Crippen molar-refractivity contribution in [1.29, 1.82) is 0 Å². The number of pyridine rings is 1. The molecule has 2 aromatic rings. The smallest absolute Gasteiger partial charge is 0.124 e. The number of nitrogens with zero attached hydrogens (tertiary/aromatic N) is 2. The largest absolute Gasteiger partial charge is 0.489 e. The Labute approximate surface area is 131 Å². The van der Waals surface area contributed by atoms with Crippen molar-refractivity contribution in [2.45, 2.75) is 32.1 Å². The van der Waals surface area contributed by atoms with Crippen LogP contribution >= 0.6 is 0 Å². The van der Waals surface area contributed by atoms with Gasteiger partial charge in [-0.1, -0.05) is 24.3 Å². The first kappa shape index (κ1) is 15.0. The van der Waals surface area contributed by atoms with Gasteiger partial charge in [0, 0.05) is 36.6 Å². The highest BCUT2D eigenvalue weighted by Gasteiger charge is 2.18. The van der Waals surface area contributed by atoms with Crippen molar-refractivity contribution in [3.8, 4) is 5.75 Å². The molecule has 1 N–H and O–H groups in total. The van der Waals surface area contributed by atoms with Crippen LogP contribution in [0.3, 0.4) is 0 Å². The lowest BCUT2D eigenvalue weighted by Gasteiger charge is -2.30. The highest BCUT2D eigenvalue weighted by atomic mass is 16.5. The van der Waals surface area contributed by atoms with Crippen molar-refractivity contribution >= 4 is 0 Å². The summed E-state index contributed by atoms with van der Waals surface area (Å²) in [4.78, 5) is 6.40. The minimum Gasteiger partial charge on any atom is -0.489 e. The quantitative estimate of drug-likeness (QED) is 0.921. The van der Waals surface area contributed by atoms with Crippen LogP contribution in [0.15, 0.2) is 48.8 Å². The SMILES string of the molecule is OC1CCCN(Cc2ccccc2OCc2cccnc2)C1. The number of aliphatic hydroxyl groups is 1. The van der Waals surface area contributed by atoms with E-state index in [4.69, 9.17) is 4.74 Å². The van der Waals surface area contributed by atoms with Gasteiger partial charge >= 0.3 is 0 Å². The van der Waals surface area contributed by atoms with E-state index in [1.165, 1.54) is 5.56 Å². The van der Waals surface area contributed by atoms with Crippen molar-refractivity contribution in [3.63, 3.8) is 0 Å². The molecule has 0 aliphatic carbocycles. The van der Waals surface area contributed by atoms with Gasteiger partial charge in [0.2, 0.25) is 0 Å². The van der Waals surface area contributed by atoms with Crippen LogP contribution in [0.1, 0.15) is 24.0 Å². The molecule has 3 rings (SSSR count). The van der Waals surface area contributed by atoms with Crippen molar-refractivity contribution in [2.75, 3.05) is 13.1 Å². The number of piperidine rings is 1. The molecule has 2 heterocycles. The predicted octanol–water partition coefficient (Wildman–Crippen LogP) is 2.62. The summed E-state index contributed by atoms with van der Waals surface area (Å²) in [7, 11) is 0. The zero-order valence-corrected chi connectivity index (χ0v) is 12.7. The first-order valence-corrected chi connectivity index (χ1v) is 7.81. The maximum atomic E-state index is 9.80. The number of likely N-dealkylation sites (tertiary alicyclic amines) is 1. The standard InChI is InChI=1S/C18H22N2O2/c21-17-7-4-10-20(13-17)12-16-6-1-2-8-18(16)22-14-15-5-3-9-19-11-15/h1-3,5-6,8-9,11,17,21H,4,7,10,12-14H2. The van der Waals surface area contributed by atoms with Crippen LogP contribution in [0.4, 0.5) is 0 Å². The minimum absolute atomic E-state index is 0.197. The summed E-state index contributed by atoms with van der Waals surface area (Å²) in [5, 5.41) is 9.80. The highest BCUT2D eigenvalue weighted by molar-refractivity contribution is 5.33. The number of benzene rings is 1. The van der Waals surface area contributed by atoms with Gasteiger partial charge in [-0.05, 0) is 31.5 Å². The summed E-state index contributed by atoms with van der Waals surface area (Å²) in [6.45, 7) is 3.12. The van der Waals surface area contributed by atoms with Crippen molar-refractivity contribution < 1.29 is 9.84 Å². The van der Waals surface area contributed by atoms with Crippen LogP contribution < -0.4 is 4.74 Å². The summed E-state index contributed by atoms with van der Waals surface area (Å²) >= 11 is 0. The molecule has 0 amide bonds. The van der Waals surface area contributed by atoms with E-state index in [0.717, 1.165) is 43.8 Å². The van der Waals surface area contributed by atoms with Crippen molar-refractivity contribution in [2.24, 2.45) is 0 Å². The highest BCUT2D eigenvalue weighted by Crippen LogP contribution is 2.22. The third kappa shape index (κ3) is 4.06. The molecule has 1 aliphatic heterocycles. The van der Waals surface area contributed by atoms with Gasteiger partial charge in [0.25, 0.3) is 0 Å². The van der Waals surface area contributed by atoms with Crippen LogP contribution in [-0.4, -0.2) is 34.2 Å². The van der Waals surface area contributed by atoms with E-state index in [9.17, 15) is 5.11 Å². The van der Waals surface area contributed by atoms with Gasteiger partial charge in [-0.25, -0.2) is 0 Å². The molecule has 4 nitrogen and oxygen atoms in total. The number of para-hydroxylation sites is 1. The molecule has 1 fully saturated rings. The van der Waals surface area contributed by atoms with Gasteiger partial charge in [-0.2, -0.15) is 0 Å². The Kier molecular flexibility index (Phi) is 5.03. The summed E-state index contributed by atoms with van der Waals surface area (Å²) in [5.41, 5.74) is 2.23. The summed E-state index contributed by atoms with van der Waals surface area (Å²) < 4.78 is 5.96. The van der Waals surface area contributed by atoms with E-state index >= 15 is 0 Å². The van der Waals surface area contributed by atoms with Crippen molar-refractivity contribution in [1.82, 2.24) is 9.88 Å². The Morgan fingerprint density at radius 1 is 1.23 bits per heavy atom. The molecular formula is C18H22N2O2. The van der Waals surface area contributed by atoms with E-state index in [2.05, 4.69) is 16.0 Å². The second-order valence-electron chi connectivity index (χ2n) is 5.79. The van der Waals surface area contributed by atoms with Gasteiger partial charge < -0.3 is 9.84 Å². The van der Waals surface area contributed by atoms with Crippen LogP contribution in [0.5, 0.6) is 5.75 Å². The van der Waals surface area contributed by atoms with Gasteiger partial charge in [0.1, 0.15) is 12.4 Å². The normalized spacial score (nSPS) is 19.0. The first-order valence-electron chi connectivity index (χ1n) is 7.81. The molecule has 1 aromatic heterocycles. The molecule has 0 bridgehead atoms. The molecule has 116 valence electrons. The molecule has 4 heteroatoms. The Morgan fingerprint density at radius 3 is 2.95 bits per heavy atom. The second-order valence-corrected chi connectivity index (χ2v) is 5.79. The zero-order valence-electron chi connectivity index (χ0n) is 12.7. The van der Waals surface area contributed by atoms with Gasteiger partial charge in [0.15, 0.2) is 0 Å². The fourth-order valence-electron chi connectivity index (χ4n) is 2.84. The molecule has 1 aromatic carbocycles. The Balaban J connectivity index is 1.64. The molecule has 1 aliphatic rings. The van der Waals surface area contributed by atoms with Crippen LogP contribution in [0.2, 0.25) is 0 Å². The monoisotopic (exact) mass is 298 g/mol. The van der Waals surface area contributed by atoms with E-state index in [-0.39, 0.29) is 6.10 Å². The Bertz CT molecular complexity index is 589. The van der Waals surface area contributed by atoms with E-state index in [1.54, 1.807) is 6.20 Å². The topological polar surface area (TPSA) is 45.6 Å². The van der Waals surface area contributed by atoms with E-state index < -0.39 is 0 Å². The van der Waals surface area contributed by atoms with Crippen LogP contribution in [-0.2, 0) is 13.2 Å². The Morgan fingerprint density at radius 2 is 2.14 bits per heavy atom. The van der Waals surface area contributed by atoms with E-state index in [0.29, 0.717) is 6.61 Å². The molecule has 0 saturated carbocycles. The number of hydrogen-bond donors (Lipinski definition) is 1. The van der Waals surface area contributed by atoms with Crippen LogP contribution in [0.25, 0.3) is 0 Å². The molecular weight excluding hydrogens is 276 g/mol. The number of ether oxygens (including phenoxy) is 1. The third-order valence-electron chi connectivity index (χ3n) is 3.96. The molecule has 1 unspecified atom stereocenters. The van der Waals surface area contributed by atoms with E-state index in [1.807, 2.05) is 36.5 Å². The lowest BCUT2D eigenvalue weighted by Crippen LogP contribution is -2.37. The maximum absolute atomic E-state index is 9.80. The lowest BCUT2D eigenvalue weighted by atomic mass is 10.1. The molecule has 0 spiro atoms. The number of rotatable bonds is 5. The molecule has 22 heavy (non-hydrogen) atoms. The summed E-state index contributed by atoms with van der Waals surface area (Å²) in [5.74, 6) is 0.909. The summed E-state index contributed by atoms with van der Waals surface area (Å²) in [6, 6.07) is 12.1. The molecule has 0 radical (unpaired) electrons. The van der Waals surface area contributed by atoms with Crippen LogP contribution in [0, 0.1) is 0 Å². The fraction of sp³-hybridized carbons (Fsp3) is 0.389. The average molecular weight is 298 g/mol. The van der Waals surface area contributed by atoms with Gasteiger partial charge in [-0.3, -0.25) is 9.88 Å². The second kappa shape index (κ2) is 7.38. The molecule has 1 atom stereocenters. The third-order valence-corrected chi connectivity index (χ3v) is 3.96. The maximum Gasteiger partial charge on any atom is 0.124 e. The number of hydrogen-bond acceptors (Lipinski definition) is 4. The number of β-amino-alcohol motifs (C(OH)–C–C–N with tert-alkyl or cyclic N) is 1. The fourth-order valence-corrected chi connectivity index (χ4v) is 2.84. The number of aliphatic hydroxyl groups excluding tert-OH is 1. The molecule has 1 saturated heterocycles. The number of aromatic nitrogens is 1. The average Bonchev–Trinajstić information content (AvgIpc) is 2.55. The Hall–Kier alpha value is -1.91. The minimum atomic E-state index is -0.197. The van der Waals surface area contributed by atoms with Gasteiger partial charge in [0.05, 0.1) is 6.10 Å². The lowest BCUT2D eigenvalue weighted by molar-refractivity contribution is 0.0662.